The van der Waals surface area contributed by atoms with Crippen molar-refractivity contribution in [2.24, 2.45) is 4.99 Å². The number of carbonyl (C=O) groups is 1. The molecule has 0 fully saturated rings. The third-order valence-electron chi connectivity index (χ3n) is 4.84. The lowest BCUT2D eigenvalue weighted by Crippen LogP contribution is -2.19. The minimum absolute atomic E-state index is 0.0104. The maximum atomic E-state index is 12.8. The number of thiazole rings is 1. The third kappa shape index (κ3) is 4.00. The van der Waals surface area contributed by atoms with Crippen LogP contribution >= 0.6 is 11.3 Å². The van der Waals surface area contributed by atoms with Crippen LogP contribution in [0.25, 0.3) is 21.0 Å². The first-order chi connectivity index (χ1) is 14.6. The zero-order valence-corrected chi connectivity index (χ0v) is 17.1. The Bertz CT molecular complexity index is 1320. The van der Waals surface area contributed by atoms with Gasteiger partial charge in [0.25, 0.3) is 11.6 Å². The molecule has 0 saturated carbocycles. The number of amides is 1. The van der Waals surface area contributed by atoms with Gasteiger partial charge in [-0.15, -0.1) is 0 Å². The van der Waals surface area contributed by atoms with E-state index in [1.807, 2.05) is 47.0 Å². The van der Waals surface area contributed by atoms with E-state index >= 15 is 0 Å². The Morgan fingerprint density at radius 1 is 1.17 bits per heavy atom. The van der Waals surface area contributed by atoms with E-state index in [0.29, 0.717) is 22.7 Å². The second kappa shape index (κ2) is 8.56. The smallest absolute Gasteiger partial charge is 0.270 e. The maximum absolute atomic E-state index is 12.8. The Kier molecular flexibility index (Phi) is 5.69. The molecule has 0 bridgehead atoms. The van der Waals surface area contributed by atoms with E-state index in [2.05, 4.69) is 4.99 Å². The van der Waals surface area contributed by atoms with Crippen molar-refractivity contribution in [3.8, 4) is 0 Å². The topological polar surface area (TPSA) is 86.7 Å². The zero-order chi connectivity index (χ0) is 21.1. The van der Waals surface area contributed by atoms with Crippen LogP contribution in [0.3, 0.4) is 0 Å². The monoisotopic (exact) mass is 421 g/mol. The van der Waals surface area contributed by atoms with Gasteiger partial charge in [0, 0.05) is 25.8 Å². The van der Waals surface area contributed by atoms with Crippen LogP contribution in [0.4, 0.5) is 5.69 Å². The summed E-state index contributed by atoms with van der Waals surface area (Å²) in [6.45, 7) is 0.933. The summed E-state index contributed by atoms with van der Waals surface area (Å²) in [6.07, 6.45) is 0.181. The van der Waals surface area contributed by atoms with Crippen molar-refractivity contribution in [3.05, 3.63) is 81.1 Å². The number of hydrogen-bond acceptors (Lipinski definition) is 5. The first-order valence-electron chi connectivity index (χ1n) is 9.38. The summed E-state index contributed by atoms with van der Waals surface area (Å²) in [5, 5.41) is 13.2. The number of benzene rings is 3. The number of rotatable bonds is 6. The summed E-state index contributed by atoms with van der Waals surface area (Å²) >= 11 is 1.26. The average molecular weight is 421 g/mol. The van der Waals surface area contributed by atoms with Crippen molar-refractivity contribution < 1.29 is 14.5 Å². The molecule has 4 rings (SSSR count). The van der Waals surface area contributed by atoms with Crippen LogP contribution in [-0.4, -0.2) is 29.1 Å². The first kappa shape index (κ1) is 19.9. The number of nitrogens with zero attached hydrogens (tertiary/aromatic N) is 3. The third-order valence-corrected chi connectivity index (χ3v) is 5.88. The molecule has 0 aliphatic heterocycles. The van der Waals surface area contributed by atoms with Crippen molar-refractivity contribution >= 4 is 43.9 Å². The summed E-state index contributed by atoms with van der Waals surface area (Å²) in [4.78, 5) is 28.3. The van der Waals surface area contributed by atoms with Crippen LogP contribution in [0, 0.1) is 10.1 Å². The van der Waals surface area contributed by atoms with Gasteiger partial charge in [-0.05, 0) is 22.4 Å². The lowest BCUT2D eigenvalue weighted by Gasteiger charge is -2.05. The fraction of sp³-hybridized carbons (Fsp3) is 0.182. The standard InChI is InChI=1S/C22H19N3O4S/c1-29-12-11-24-19-10-9-17(25(27)28)14-20(19)30-22(24)23-21(26)13-16-7-4-6-15-5-2-3-8-18(15)16/h2-10,14H,11-13H2,1H3. The number of non-ortho nitro benzene ring substituents is 1. The molecule has 0 atom stereocenters. The summed E-state index contributed by atoms with van der Waals surface area (Å²) in [5.41, 5.74) is 1.72. The molecule has 1 heterocycles. The van der Waals surface area contributed by atoms with Crippen LogP contribution < -0.4 is 4.80 Å². The van der Waals surface area contributed by atoms with Crippen LogP contribution in [0.15, 0.2) is 65.7 Å². The van der Waals surface area contributed by atoms with E-state index in [1.54, 1.807) is 13.2 Å². The number of fused-ring (bicyclic) bond motifs is 2. The quantitative estimate of drug-likeness (QED) is 0.347. The molecule has 0 unspecified atom stereocenters. The highest BCUT2D eigenvalue weighted by atomic mass is 32.1. The minimum atomic E-state index is -0.429. The number of ether oxygens (including phenoxy) is 1. The van der Waals surface area contributed by atoms with Gasteiger partial charge in [0.1, 0.15) is 0 Å². The van der Waals surface area contributed by atoms with E-state index < -0.39 is 4.92 Å². The molecule has 0 aliphatic carbocycles. The Morgan fingerprint density at radius 3 is 2.77 bits per heavy atom. The summed E-state index contributed by atoms with van der Waals surface area (Å²) in [5.74, 6) is -0.265. The molecule has 30 heavy (non-hydrogen) atoms. The Hall–Kier alpha value is -3.36. The van der Waals surface area contributed by atoms with Gasteiger partial charge in [-0.1, -0.05) is 53.8 Å². The molecule has 3 aromatic carbocycles. The van der Waals surface area contributed by atoms with Crippen LogP contribution in [0.2, 0.25) is 0 Å². The average Bonchev–Trinajstić information content (AvgIpc) is 3.08. The zero-order valence-electron chi connectivity index (χ0n) is 16.3. The van der Waals surface area contributed by atoms with Gasteiger partial charge in [-0.25, -0.2) is 0 Å². The van der Waals surface area contributed by atoms with Crippen molar-refractivity contribution in [1.82, 2.24) is 4.57 Å². The highest BCUT2D eigenvalue weighted by Crippen LogP contribution is 2.23. The van der Waals surface area contributed by atoms with Crippen molar-refractivity contribution in [1.29, 1.82) is 0 Å². The van der Waals surface area contributed by atoms with Crippen LogP contribution in [-0.2, 0) is 22.5 Å². The van der Waals surface area contributed by atoms with Gasteiger partial charge < -0.3 is 9.30 Å². The summed E-state index contributed by atoms with van der Waals surface area (Å²) in [6, 6.07) is 18.5. The van der Waals surface area contributed by atoms with Gasteiger partial charge in [0.05, 0.1) is 28.2 Å². The summed E-state index contributed by atoms with van der Waals surface area (Å²) in [7, 11) is 1.60. The van der Waals surface area contributed by atoms with Gasteiger partial charge in [-0.2, -0.15) is 4.99 Å². The fourth-order valence-electron chi connectivity index (χ4n) is 3.42. The molecule has 4 aromatic rings. The second-order valence-electron chi connectivity index (χ2n) is 6.76. The number of aromatic nitrogens is 1. The predicted octanol–water partition coefficient (Wildman–Crippen LogP) is 4.08. The van der Waals surface area contributed by atoms with Gasteiger partial charge >= 0.3 is 0 Å². The minimum Gasteiger partial charge on any atom is -0.383 e. The number of nitro benzene ring substituents is 1. The van der Waals surface area contributed by atoms with Gasteiger partial charge in [-0.3, -0.25) is 14.9 Å². The first-order valence-corrected chi connectivity index (χ1v) is 10.2. The molecule has 0 spiro atoms. The molecule has 8 heteroatoms. The molecule has 7 nitrogen and oxygen atoms in total. The maximum Gasteiger partial charge on any atom is 0.270 e. The van der Waals surface area contributed by atoms with E-state index in [-0.39, 0.29) is 18.0 Å². The highest BCUT2D eigenvalue weighted by molar-refractivity contribution is 7.16. The summed E-state index contributed by atoms with van der Waals surface area (Å²) < 4.78 is 7.75. The van der Waals surface area contributed by atoms with E-state index in [9.17, 15) is 14.9 Å². The van der Waals surface area contributed by atoms with Crippen LogP contribution in [0.5, 0.6) is 0 Å². The SMILES string of the molecule is COCCn1c(=NC(=O)Cc2cccc3ccccc23)sc2cc([N+](=O)[O-])ccc21. The molecular weight excluding hydrogens is 402 g/mol. The number of hydrogen-bond donors (Lipinski definition) is 0. The second-order valence-corrected chi connectivity index (χ2v) is 7.77. The Labute approximate surface area is 176 Å². The fourth-order valence-corrected chi connectivity index (χ4v) is 4.52. The van der Waals surface area contributed by atoms with Gasteiger partial charge in [0.15, 0.2) is 4.80 Å². The van der Waals surface area contributed by atoms with Crippen molar-refractivity contribution in [3.63, 3.8) is 0 Å². The molecule has 0 aliphatic rings. The number of carbonyl (C=O) groups excluding carboxylic acids is 1. The van der Waals surface area contributed by atoms with E-state index in [0.717, 1.165) is 21.9 Å². The van der Waals surface area contributed by atoms with E-state index in [1.165, 1.54) is 23.5 Å². The molecule has 1 amide bonds. The molecule has 152 valence electrons. The Morgan fingerprint density at radius 2 is 1.97 bits per heavy atom. The van der Waals surface area contributed by atoms with Crippen molar-refractivity contribution in [2.75, 3.05) is 13.7 Å². The number of nitro groups is 1. The molecule has 0 N–H and O–H groups in total. The van der Waals surface area contributed by atoms with Gasteiger partial charge in [0.2, 0.25) is 0 Å². The normalized spacial score (nSPS) is 12.0. The molecule has 0 radical (unpaired) electrons. The lowest BCUT2D eigenvalue weighted by atomic mass is 10.0. The lowest BCUT2D eigenvalue weighted by molar-refractivity contribution is -0.384. The van der Waals surface area contributed by atoms with Crippen molar-refractivity contribution in [2.45, 2.75) is 13.0 Å². The van der Waals surface area contributed by atoms with Crippen LogP contribution in [0.1, 0.15) is 5.56 Å². The Balaban J connectivity index is 1.74. The highest BCUT2D eigenvalue weighted by Gasteiger charge is 2.13. The molecule has 0 saturated heterocycles. The number of methoxy groups -OCH3 is 1. The van der Waals surface area contributed by atoms with E-state index in [4.69, 9.17) is 4.74 Å². The predicted molar refractivity (Wildman–Crippen MR) is 117 cm³/mol. The molecule has 1 aromatic heterocycles. The largest absolute Gasteiger partial charge is 0.383 e. The molecular formula is C22H19N3O4S.